The summed E-state index contributed by atoms with van der Waals surface area (Å²) in [5, 5.41) is 0. The van der Waals surface area contributed by atoms with Gasteiger partial charge in [-0.15, -0.1) is 0 Å². The Morgan fingerprint density at radius 1 is 0.792 bits per heavy atom. The van der Waals surface area contributed by atoms with Crippen molar-refractivity contribution < 1.29 is 9.53 Å². The number of carbonyl (C=O) groups is 1. The lowest BCUT2D eigenvalue weighted by Gasteiger charge is -2.14. The molecule has 1 atom stereocenters. The fourth-order valence-electron chi connectivity index (χ4n) is 3.24. The molecule has 0 bridgehead atoms. The Balaban J connectivity index is 1.75. The number of carbonyl (C=O) groups excluding carboxylic acids is 1. The first kappa shape index (κ1) is 14.9. The standard InChI is InChI=1S/C22H18O2/c1-16-12-14-17(15-13-16)20(23)21-22(24-21,18-8-4-2-5-9-18)19-10-6-3-7-11-19/h2-15,21H,1H3/t21-/m1/s1. The molecule has 0 unspecified atom stereocenters. The van der Waals surface area contributed by atoms with E-state index < -0.39 is 11.7 Å². The molecule has 0 saturated carbocycles. The largest absolute Gasteiger partial charge is 0.347 e. The highest BCUT2D eigenvalue weighted by Gasteiger charge is 2.62. The van der Waals surface area contributed by atoms with Gasteiger partial charge in [-0.05, 0) is 18.1 Å². The van der Waals surface area contributed by atoms with Gasteiger partial charge < -0.3 is 4.74 Å². The van der Waals surface area contributed by atoms with E-state index in [4.69, 9.17) is 4.74 Å². The summed E-state index contributed by atoms with van der Waals surface area (Å²) in [5.41, 5.74) is 3.19. The third-order valence-electron chi connectivity index (χ3n) is 4.60. The second-order valence-corrected chi connectivity index (χ2v) is 6.20. The Morgan fingerprint density at radius 3 is 1.79 bits per heavy atom. The van der Waals surface area contributed by atoms with Gasteiger partial charge in [-0.3, -0.25) is 4.79 Å². The molecule has 1 heterocycles. The number of ketones is 1. The number of epoxide rings is 1. The molecule has 0 spiro atoms. The summed E-state index contributed by atoms with van der Waals surface area (Å²) < 4.78 is 6.07. The van der Waals surface area contributed by atoms with Crippen molar-refractivity contribution in [2.24, 2.45) is 0 Å². The molecule has 0 radical (unpaired) electrons. The monoisotopic (exact) mass is 314 g/mol. The number of benzene rings is 3. The van der Waals surface area contributed by atoms with Gasteiger partial charge in [-0.1, -0.05) is 90.5 Å². The lowest BCUT2D eigenvalue weighted by molar-refractivity contribution is 0.0953. The van der Waals surface area contributed by atoms with Crippen molar-refractivity contribution in [3.05, 3.63) is 107 Å². The first-order valence-corrected chi connectivity index (χ1v) is 8.11. The highest BCUT2D eigenvalue weighted by molar-refractivity contribution is 6.02. The van der Waals surface area contributed by atoms with Crippen LogP contribution in [0, 0.1) is 6.92 Å². The van der Waals surface area contributed by atoms with Gasteiger partial charge in [0.1, 0.15) is 0 Å². The quantitative estimate of drug-likeness (QED) is 0.523. The first-order chi connectivity index (χ1) is 11.7. The lowest BCUT2D eigenvalue weighted by atomic mass is 9.85. The summed E-state index contributed by atoms with van der Waals surface area (Å²) in [6, 6.07) is 27.6. The van der Waals surface area contributed by atoms with Crippen LogP contribution in [0.1, 0.15) is 27.0 Å². The van der Waals surface area contributed by atoms with E-state index in [1.165, 1.54) is 0 Å². The molecule has 3 aromatic carbocycles. The summed E-state index contributed by atoms with van der Waals surface area (Å²) in [6.45, 7) is 2.01. The van der Waals surface area contributed by atoms with Crippen LogP contribution in [0.4, 0.5) is 0 Å². The van der Waals surface area contributed by atoms with Crippen LogP contribution in [-0.2, 0) is 10.3 Å². The molecule has 2 heteroatoms. The highest BCUT2D eigenvalue weighted by Crippen LogP contribution is 2.52. The van der Waals surface area contributed by atoms with Crippen LogP contribution in [0.3, 0.4) is 0 Å². The number of Topliss-reactive ketones (excluding diaryl/α,β-unsaturated/α-hetero) is 1. The Bertz CT molecular complexity index is 812. The minimum absolute atomic E-state index is 0.0303. The minimum Gasteiger partial charge on any atom is -0.347 e. The maximum absolute atomic E-state index is 13.0. The van der Waals surface area contributed by atoms with Gasteiger partial charge in [-0.25, -0.2) is 0 Å². The number of aryl methyl sites for hydroxylation is 1. The zero-order chi connectivity index (χ0) is 16.6. The van der Waals surface area contributed by atoms with Gasteiger partial charge in [0.2, 0.25) is 0 Å². The molecule has 0 aromatic heterocycles. The SMILES string of the molecule is Cc1ccc(C(=O)[C@H]2OC2(c2ccccc2)c2ccccc2)cc1. The normalized spacial score (nSPS) is 18.1. The lowest BCUT2D eigenvalue weighted by Crippen LogP contribution is -2.21. The zero-order valence-corrected chi connectivity index (χ0v) is 13.5. The Labute approximate surface area is 141 Å². The molecule has 0 N–H and O–H groups in total. The number of ether oxygens (including phenoxy) is 1. The summed E-state index contributed by atoms with van der Waals surface area (Å²) in [6.07, 6.45) is -0.481. The van der Waals surface area contributed by atoms with Crippen molar-refractivity contribution in [2.75, 3.05) is 0 Å². The van der Waals surface area contributed by atoms with Gasteiger partial charge in [0.15, 0.2) is 17.5 Å². The van der Waals surface area contributed by atoms with E-state index in [0.717, 1.165) is 16.7 Å². The van der Waals surface area contributed by atoms with Crippen LogP contribution >= 0.6 is 0 Å². The first-order valence-electron chi connectivity index (χ1n) is 8.11. The second-order valence-electron chi connectivity index (χ2n) is 6.20. The third kappa shape index (κ3) is 2.36. The molecule has 1 aliphatic heterocycles. The molecule has 1 fully saturated rings. The minimum atomic E-state index is -0.676. The van der Waals surface area contributed by atoms with Gasteiger partial charge >= 0.3 is 0 Å². The molecule has 1 aliphatic rings. The fourth-order valence-corrected chi connectivity index (χ4v) is 3.24. The van der Waals surface area contributed by atoms with E-state index in [-0.39, 0.29) is 5.78 Å². The maximum atomic E-state index is 13.0. The average molecular weight is 314 g/mol. The predicted octanol–water partition coefficient (Wildman–Crippen LogP) is 4.52. The number of hydrogen-bond acceptors (Lipinski definition) is 2. The van der Waals surface area contributed by atoms with Crippen LogP contribution in [0.15, 0.2) is 84.9 Å². The van der Waals surface area contributed by atoms with Crippen LogP contribution in [0.5, 0.6) is 0 Å². The average Bonchev–Trinajstić information content (AvgIpc) is 3.40. The zero-order valence-electron chi connectivity index (χ0n) is 13.5. The van der Waals surface area contributed by atoms with Crippen LogP contribution in [0.25, 0.3) is 0 Å². The Morgan fingerprint density at radius 2 is 1.29 bits per heavy atom. The molecule has 118 valence electrons. The van der Waals surface area contributed by atoms with E-state index in [2.05, 4.69) is 0 Å². The predicted molar refractivity (Wildman–Crippen MR) is 94.0 cm³/mol. The van der Waals surface area contributed by atoms with Crippen molar-refractivity contribution in [1.82, 2.24) is 0 Å². The molecule has 1 saturated heterocycles. The molecule has 4 rings (SSSR count). The topological polar surface area (TPSA) is 29.6 Å². The second kappa shape index (κ2) is 5.73. The molecule has 0 amide bonds. The molecule has 24 heavy (non-hydrogen) atoms. The molecular weight excluding hydrogens is 296 g/mol. The Kier molecular flexibility index (Phi) is 3.55. The van der Waals surface area contributed by atoms with Gasteiger partial charge in [-0.2, -0.15) is 0 Å². The molecule has 2 nitrogen and oxygen atoms in total. The van der Waals surface area contributed by atoms with Crippen molar-refractivity contribution in [2.45, 2.75) is 18.6 Å². The highest BCUT2D eigenvalue weighted by atomic mass is 16.6. The molecular formula is C22H18O2. The fraction of sp³-hybridized carbons (Fsp3) is 0.136. The smallest absolute Gasteiger partial charge is 0.195 e. The van der Waals surface area contributed by atoms with E-state index in [9.17, 15) is 4.79 Å². The maximum Gasteiger partial charge on any atom is 0.195 e. The van der Waals surface area contributed by atoms with E-state index in [0.29, 0.717) is 5.56 Å². The van der Waals surface area contributed by atoms with Gasteiger partial charge in [0, 0.05) is 5.56 Å². The summed E-state index contributed by atoms with van der Waals surface area (Å²) in [4.78, 5) is 13.0. The van der Waals surface area contributed by atoms with Crippen LogP contribution < -0.4 is 0 Å². The summed E-state index contributed by atoms with van der Waals surface area (Å²) in [5.74, 6) is 0.0303. The van der Waals surface area contributed by atoms with Crippen molar-refractivity contribution in [1.29, 1.82) is 0 Å². The van der Waals surface area contributed by atoms with Crippen LogP contribution in [-0.4, -0.2) is 11.9 Å². The van der Waals surface area contributed by atoms with E-state index >= 15 is 0 Å². The summed E-state index contributed by atoms with van der Waals surface area (Å²) in [7, 11) is 0. The van der Waals surface area contributed by atoms with E-state index in [1.54, 1.807) is 0 Å². The number of rotatable bonds is 4. The molecule has 0 aliphatic carbocycles. The van der Waals surface area contributed by atoms with Crippen molar-refractivity contribution in [3.63, 3.8) is 0 Å². The van der Waals surface area contributed by atoms with Crippen LogP contribution in [0.2, 0.25) is 0 Å². The summed E-state index contributed by atoms with van der Waals surface area (Å²) >= 11 is 0. The molecule has 3 aromatic rings. The number of hydrogen-bond donors (Lipinski definition) is 0. The van der Waals surface area contributed by atoms with E-state index in [1.807, 2.05) is 91.9 Å². The third-order valence-corrected chi connectivity index (χ3v) is 4.60. The Hall–Kier alpha value is -2.71. The van der Waals surface area contributed by atoms with Gasteiger partial charge in [0.05, 0.1) is 0 Å². The van der Waals surface area contributed by atoms with Crippen molar-refractivity contribution in [3.8, 4) is 0 Å². The van der Waals surface area contributed by atoms with Crippen molar-refractivity contribution >= 4 is 5.78 Å². The van der Waals surface area contributed by atoms with Gasteiger partial charge in [0.25, 0.3) is 0 Å².